The minimum Gasteiger partial charge on any atom is -0.497 e. The molecule has 25 heavy (non-hydrogen) atoms. The number of carbonyl (C=O) groups excluding carboxylic acids is 1. The van der Waals surface area contributed by atoms with E-state index in [0.29, 0.717) is 0 Å². The average molecular weight is 351 g/mol. The number of hydrogen-bond donors (Lipinski definition) is 2. The van der Waals surface area contributed by atoms with Crippen LogP contribution in [0.5, 0.6) is 5.75 Å². The second kappa shape index (κ2) is 6.43. The fourth-order valence-corrected chi connectivity index (χ4v) is 4.42. The number of hydrogen-bond acceptors (Lipinski definition) is 4. The van der Waals surface area contributed by atoms with E-state index in [2.05, 4.69) is 5.32 Å². The molecule has 126 valence electrons. The molecule has 0 saturated carbocycles. The normalized spacial score (nSPS) is 19.8. The van der Waals surface area contributed by atoms with Crippen LogP contribution in [0.25, 0.3) is 10.8 Å². The van der Waals surface area contributed by atoms with Gasteiger partial charge in [0.05, 0.1) is 12.4 Å². The summed E-state index contributed by atoms with van der Waals surface area (Å²) in [4.78, 5) is 13.6. The van der Waals surface area contributed by atoms with E-state index in [-0.39, 0.29) is 0 Å². The molecule has 3 aromatic rings. The van der Waals surface area contributed by atoms with E-state index in [4.69, 9.17) is 4.74 Å². The Balaban J connectivity index is 1.84. The van der Waals surface area contributed by atoms with Gasteiger partial charge >= 0.3 is 0 Å². The number of aliphatic hydroxyl groups excluding tert-OH is 1. The molecular weight excluding hydrogens is 334 g/mol. The van der Waals surface area contributed by atoms with Crippen molar-refractivity contribution in [3.63, 3.8) is 0 Å². The summed E-state index contributed by atoms with van der Waals surface area (Å²) in [6.45, 7) is 0. The average Bonchev–Trinajstić information content (AvgIpc) is 2.65. The van der Waals surface area contributed by atoms with Gasteiger partial charge in [-0.05, 0) is 35.2 Å². The Bertz CT molecular complexity index is 934. The van der Waals surface area contributed by atoms with Gasteiger partial charge in [0.25, 0.3) is 5.91 Å². The summed E-state index contributed by atoms with van der Waals surface area (Å²) in [5, 5.41) is 15.2. The van der Waals surface area contributed by atoms with Crippen molar-refractivity contribution in [1.29, 1.82) is 0 Å². The van der Waals surface area contributed by atoms with E-state index in [1.54, 1.807) is 7.11 Å². The van der Waals surface area contributed by atoms with Crippen LogP contribution in [0.3, 0.4) is 0 Å². The maximum absolute atomic E-state index is 12.5. The van der Waals surface area contributed by atoms with E-state index in [9.17, 15) is 9.90 Å². The van der Waals surface area contributed by atoms with Gasteiger partial charge in [-0.3, -0.25) is 4.79 Å². The lowest BCUT2D eigenvalue weighted by Gasteiger charge is -2.26. The fraction of sp³-hybridized carbons (Fsp3) is 0.150. The van der Waals surface area contributed by atoms with E-state index >= 15 is 0 Å². The van der Waals surface area contributed by atoms with Gasteiger partial charge in [0.1, 0.15) is 11.9 Å². The summed E-state index contributed by atoms with van der Waals surface area (Å²) in [6.07, 6.45) is -1.15. The van der Waals surface area contributed by atoms with Gasteiger partial charge in [-0.15, -0.1) is 11.8 Å². The molecule has 1 amide bonds. The van der Waals surface area contributed by atoms with Crippen LogP contribution in [0, 0.1) is 0 Å². The Labute approximate surface area is 149 Å². The Hall–Kier alpha value is -2.50. The van der Waals surface area contributed by atoms with Crippen molar-refractivity contribution in [2.45, 2.75) is 16.2 Å². The van der Waals surface area contributed by atoms with E-state index in [0.717, 1.165) is 32.7 Å². The fourth-order valence-electron chi connectivity index (χ4n) is 3.10. The molecule has 4 rings (SSSR count). The first kappa shape index (κ1) is 16.0. The van der Waals surface area contributed by atoms with Gasteiger partial charge in [0.2, 0.25) is 0 Å². The van der Waals surface area contributed by atoms with E-state index in [1.807, 2.05) is 60.7 Å². The van der Waals surface area contributed by atoms with E-state index in [1.165, 1.54) is 11.8 Å². The number of carbonyl (C=O) groups is 1. The van der Waals surface area contributed by atoms with Crippen LogP contribution in [0.15, 0.2) is 65.6 Å². The second-order valence-corrected chi connectivity index (χ2v) is 7.09. The standard InChI is InChI=1S/C20H17NO3S/c1-24-14-10-8-13(9-11-14)19-18(22)20(23)21-15-6-2-4-12-5-3-7-16(25-19)17(12)15/h2-11,18-19,22H,1H3,(H,21,23)/t18-,19-/m0/s1. The zero-order chi connectivity index (χ0) is 17.4. The zero-order valence-corrected chi connectivity index (χ0v) is 14.4. The van der Waals surface area contributed by atoms with Crippen molar-refractivity contribution in [2.75, 3.05) is 12.4 Å². The first-order chi connectivity index (χ1) is 12.2. The molecule has 0 spiro atoms. The van der Waals surface area contributed by atoms with Crippen LogP contribution in [0.2, 0.25) is 0 Å². The predicted octanol–water partition coefficient (Wildman–Crippen LogP) is 3.99. The van der Waals surface area contributed by atoms with Crippen LogP contribution >= 0.6 is 11.8 Å². The zero-order valence-electron chi connectivity index (χ0n) is 13.6. The summed E-state index contributed by atoms with van der Waals surface area (Å²) >= 11 is 1.51. The number of ether oxygens (including phenoxy) is 1. The van der Waals surface area contributed by atoms with Crippen molar-refractivity contribution < 1.29 is 14.6 Å². The maximum Gasteiger partial charge on any atom is 0.254 e. The number of amides is 1. The SMILES string of the molecule is COc1ccc([C@@H]2Sc3cccc4cccc(c34)NC(=O)[C@H]2O)cc1. The van der Waals surface area contributed by atoms with Gasteiger partial charge < -0.3 is 15.2 Å². The monoisotopic (exact) mass is 351 g/mol. The summed E-state index contributed by atoms with van der Waals surface area (Å²) < 4.78 is 5.19. The molecule has 0 radical (unpaired) electrons. The first-order valence-corrected chi connectivity index (χ1v) is 8.86. The van der Waals surface area contributed by atoms with Crippen LogP contribution in [-0.4, -0.2) is 24.2 Å². The van der Waals surface area contributed by atoms with Crippen LogP contribution in [-0.2, 0) is 4.79 Å². The third kappa shape index (κ3) is 2.86. The minimum absolute atomic E-state index is 0.393. The molecule has 1 aliphatic rings. The third-order valence-corrected chi connectivity index (χ3v) is 5.76. The van der Waals surface area contributed by atoms with Crippen molar-refractivity contribution in [3.05, 3.63) is 66.2 Å². The highest BCUT2D eigenvalue weighted by molar-refractivity contribution is 7.99. The summed E-state index contributed by atoms with van der Waals surface area (Å²) in [5.74, 6) is 0.348. The maximum atomic E-state index is 12.5. The smallest absolute Gasteiger partial charge is 0.254 e. The molecule has 1 aliphatic heterocycles. The van der Waals surface area contributed by atoms with Crippen molar-refractivity contribution in [3.8, 4) is 5.75 Å². The molecule has 0 aromatic heterocycles. The second-order valence-electron chi connectivity index (χ2n) is 5.91. The third-order valence-electron chi connectivity index (χ3n) is 4.38. The molecule has 0 unspecified atom stereocenters. The van der Waals surface area contributed by atoms with E-state index < -0.39 is 17.3 Å². The van der Waals surface area contributed by atoms with Gasteiger partial charge in [-0.1, -0.05) is 36.4 Å². The molecule has 0 saturated heterocycles. The number of thioether (sulfide) groups is 1. The Morgan fingerprint density at radius 1 is 1.04 bits per heavy atom. The van der Waals surface area contributed by atoms with Crippen molar-refractivity contribution >= 4 is 34.1 Å². The topological polar surface area (TPSA) is 58.6 Å². The highest BCUT2D eigenvalue weighted by Crippen LogP contribution is 2.44. The summed E-state index contributed by atoms with van der Waals surface area (Å²) in [7, 11) is 1.61. The molecule has 3 aromatic carbocycles. The first-order valence-electron chi connectivity index (χ1n) is 7.98. The van der Waals surface area contributed by atoms with Crippen LogP contribution in [0.4, 0.5) is 5.69 Å². The molecule has 0 bridgehead atoms. The predicted molar refractivity (Wildman–Crippen MR) is 100 cm³/mol. The van der Waals surface area contributed by atoms with Gasteiger partial charge in [0, 0.05) is 16.0 Å². The highest BCUT2D eigenvalue weighted by Gasteiger charge is 2.31. The van der Waals surface area contributed by atoms with Gasteiger partial charge in [-0.2, -0.15) is 0 Å². The lowest BCUT2D eigenvalue weighted by atomic mass is 10.0. The summed E-state index contributed by atoms with van der Waals surface area (Å²) in [6, 6.07) is 19.3. The number of methoxy groups -OCH3 is 1. The van der Waals surface area contributed by atoms with Gasteiger partial charge in [-0.25, -0.2) is 0 Å². The Morgan fingerprint density at radius 3 is 2.48 bits per heavy atom. The van der Waals surface area contributed by atoms with Crippen molar-refractivity contribution in [1.82, 2.24) is 0 Å². The Morgan fingerprint density at radius 2 is 1.76 bits per heavy atom. The summed E-state index contributed by atoms with van der Waals surface area (Å²) in [5.41, 5.74) is 1.61. The number of nitrogens with one attached hydrogen (secondary N) is 1. The Kier molecular flexibility index (Phi) is 4.11. The molecule has 1 heterocycles. The van der Waals surface area contributed by atoms with Crippen molar-refractivity contribution in [2.24, 2.45) is 0 Å². The molecule has 2 atom stereocenters. The number of anilines is 1. The molecule has 4 nitrogen and oxygen atoms in total. The molecular formula is C20H17NO3S. The molecule has 2 N–H and O–H groups in total. The number of aliphatic hydroxyl groups is 1. The lowest BCUT2D eigenvalue weighted by Crippen LogP contribution is -2.33. The van der Waals surface area contributed by atoms with Crippen LogP contribution in [0.1, 0.15) is 10.8 Å². The molecule has 0 aliphatic carbocycles. The molecule has 0 fully saturated rings. The number of rotatable bonds is 2. The minimum atomic E-state index is -1.15. The van der Waals surface area contributed by atoms with Crippen LogP contribution < -0.4 is 10.1 Å². The highest BCUT2D eigenvalue weighted by atomic mass is 32.2. The van der Waals surface area contributed by atoms with Gasteiger partial charge in [0.15, 0.2) is 0 Å². The quantitative estimate of drug-likeness (QED) is 0.733. The number of benzene rings is 3. The lowest BCUT2D eigenvalue weighted by molar-refractivity contribution is -0.124. The largest absolute Gasteiger partial charge is 0.497 e. The molecule has 5 heteroatoms.